The molecule has 25 heavy (non-hydrogen) atoms. The van der Waals surface area contributed by atoms with E-state index in [1.807, 2.05) is 36.4 Å². The third kappa shape index (κ3) is 4.66. The SMILES string of the molecule is [C-]#CC.[C-]#CC.[Pt+2].c1cnc2c(c1)ccc1ccc3cccnc3c12. The molecule has 0 N–H and O–H groups in total. The molecule has 0 unspecified atom stereocenters. The standard InChI is InChI=1S/C16H10N2.2C3H3.Pt/c1-3-12-7-5-11-6-8-13-4-2-10-18-16(13)14(11)15(12)17-9-1;2*1-3-2;/h1-10H;2*1H3;/q;2*-1;+2. The van der Waals surface area contributed by atoms with Crippen LogP contribution in [0.3, 0.4) is 0 Å². The molecule has 0 atom stereocenters. The van der Waals surface area contributed by atoms with Crippen molar-refractivity contribution in [2.24, 2.45) is 0 Å². The quantitative estimate of drug-likeness (QED) is 0.189. The van der Waals surface area contributed by atoms with Crippen LogP contribution in [-0.4, -0.2) is 9.97 Å². The van der Waals surface area contributed by atoms with Crippen molar-refractivity contribution in [3.8, 4) is 11.8 Å². The average molecular weight is 503 g/mol. The number of benzene rings is 2. The minimum atomic E-state index is 0. The van der Waals surface area contributed by atoms with Gasteiger partial charge in [-0.05, 0) is 31.4 Å². The summed E-state index contributed by atoms with van der Waals surface area (Å²) in [5, 5.41) is 4.64. The van der Waals surface area contributed by atoms with Crippen LogP contribution in [0.2, 0.25) is 0 Å². The molecule has 0 aliphatic carbocycles. The summed E-state index contributed by atoms with van der Waals surface area (Å²) >= 11 is 0. The zero-order valence-corrected chi connectivity index (χ0v) is 16.3. The van der Waals surface area contributed by atoms with Gasteiger partial charge in [-0.25, -0.2) is 0 Å². The molecule has 0 radical (unpaired) electrons. The number of hydrogen-bond donors (Lipinski definition) is 0. The molecule has 2 aromatic carbocycles. The number of nitrogens with zero attached hydrogens (tertiary/aromatic N) is 2. The largest absolute Gasteiger partial charge is 2.00 e. The van der Waals surface area contributed by atoms with E-state index in [2.05, 4.69) is 46.4 Å². The van der Waals surface area contributed by atoms with E-state index in [0.717, 1.165) is 27.2 Å². The van der Waals surface area contributed by atoms with Crippen LogP contribution in [0.15, 0.2) is 60.9 Å². The Bertz CT molecular complexity index is 974. The molecule has 0 aliphatic rings. The molecule has 0 saturated carbocycles. The summed E-state index contributed by atoms with van der Waals surface area (Å²) < 4.78 is 0. The second kappa shape index (κ2) is 10.2. The first-order valence-electron chi connectivity index (χ1n) is 7.45. The molecule has 124 valence electrons. The summed E-state index contributed by atoms with van der Waals surface area (Å²) in [4.78, 5) is 9.04. The number of aromatic nitrogens is 2. The Morgan fingerprint density at radius 2 is 1.04 bits per heavy atom. The minimum absolute atomic E-state index is 0. The van der Waals surface area contributed by atoms with Crippen molar-refractivity contribution in [2.75, 3.05) is 0 Å². The van der Waals surface area contributed by atoms with E-state index in [1.54, 1.807) is 13.8 Å². The Morgan fingerprint density at radius 3 is 1.44 bits per heavy atom. The number of rotatable bonds is 0. The van der Waals surface area contributed by atoms with Crippen LogP contribution in [0.5, 0.6) is 0 Å². The predicted octanol–water partition coefficient (Wildman–Crippen LogP) is 5.13. The number of fused-ring (bicyclic) bond motifs is 5. The third-order valence-electron chi connectivity index (χ3n) is 3.33. The molecule has 3 heteroatoms. The normalized spacial score (nSPS) is 8.80. The fourth-order valence-electron chi connectivity index (χ4n) is 2.49. The summed E-state index contributed by atoms with van der Waals surface area (Å²) in [6.45, 7) is 3.08. The minimum Gasteiger partial charge on any atom is -0.694 e. The predicted molar refractivity (Wildman–Crippen MR) is 100 cm³/mol. The molecule has 2 aromatic heterocycles. The van der Waals surface area contributed by atoms with Gasteiger partial charge in [-0.1, -0.05) is 36.4 Å². The van der Waals surface area contributed by atoms with E-state index >= 15 is 0 Å². The van der Waals surface area contributed by atoms with Crippen LogP contribution in [-0.2, 0) is 21.1 Å². The van der Waals surface area contributed by atoms with Crippen LogP contribution in [0.25, 0.3) is 32.6 Å². The molecule has 0 bridgehead atoms. The van der Waals surface area contributed by atoms with Gasteiger partial charge in [0.25, 0.3) is 0 Å². The Morgan fingerprint density at radius 1 is 0.680 bits per heavy atom. The van der Waals surface area contributed by atoms with Gasteiger partial charge in [-0.15, -0.1) is 0 Å². The van der Waals surface area contributed by atoms with Gasteiger partial charge in [0.15, 0.2) is 0 Å². The van der Waals surface area contributed by atoms with E-state index in [0.29, 0.717) is 0 Å². The van der Waals surface area contributed by atoms with E-state index in [9.17, 15) is 0 Å². The number of pyridine rings is 2. The van der Waals surface area contributed by atoms with Gasteiger partial charge in [0.05, 0.1) is 11.0 Å². The van der Waals surface area contributed by atoms with E-state index < -0.39 is 0 Å². The van der Waals surface area contributed by atoms with Gasteiger partial charge in [-0.3, -0.25) is 9.97 Å². The van der Waals surface area contributed by atoms with Crippen LogP contribution in [0, 0.1) is 24.7 Å². The van der Waals surface area contributed by atoms with E-state index in [1.165, 1.54) is 5.39 Å². The molecule has 0 amide bonds. The number of hydrogen-bond acceptors (Lipinski definition) is 2. The molecule has 2 nitrogen and oxygen atoms in total. The van der Waals surface area contributed by atoms with Gasteiger partial charge >= 0.3 is 21.1 Å². The van der Waals surface area contributed by atoms with Crippen molar-refractivity contribution < 1.29 is 21.1 Å². The summed E-state index contributed by atoms with van der Waals surface area (Å²) in [5.41, 5.74) is 2.05. The molecular weight excluding hydrogens is 487 g/mol. The zero-order valence-electron chi connectivity index (χ0n) is 14.0. The zero-order chi connectivity index (χ0) is 17.4. The molecular formula is C22H16N2Pt. The molecule has 0 aliphatic heterocycles. The maximum atomic E-state index is 5.96. The maximum absolute atomic E-state index is 5.96. The van der Waals surface area contributed by atoms with Gasteiger partial charge in [0.1, 0.15) is 0 Å². The van der Waals surface area contributed by atoms with Crippen molar-refractivity contribution in [2.45, 2.75) is 13.8 Å². The first-order chi connectivity index (χ1) is 11.8. The summed E-state index contributed by atoms with van der Waals surface area (Å²) in [6, 6.07) is 16.6. The van der Waals surface area contributed by atoms with Crippen molar-refractivity contribution >= 4 is 32.6 Å². The summed E-state index contributed by atoms with van der Waals surface area (Å²) in [5.74, 6) is 4.00. The fourth-order valence-corrected chi connectivity index (χ4v) is 2.49. The molecule has 0 fully saturated rings. The first-order valence-corrected chi connectivity index (χ1v) is 7.45. The van der Waals surface area contributed by atoms with Crippen molar-refractivity contribution in [3.05, 3.63) is 73.8 Å². The topological polar surface area (TPSA) is 25.8 Å². The van der Waals surface area contributed by atoms with Crippen molar-refractivity contribution in [1.29, 1.82) is 0 Å². The molecule has 0 spiro atoms. The first kappa shape index (κ1) is 20.4. The van der Waals surface area contributed by atoms with E-state index in [-0.39, 0.29) is 21.1 Å². The summed E-state index contributed by atoms with van der Waals surface area (Å²) in [6.07, 6.45) is 15.6. The Labute approximate surface area is 163 Å². The monoisotopic (exact) mass is 503 g/mol. The average Bonchev–Trinajstić information content (AvgIpc) is 2.62. The third-order valence-corrected chi connectivity index (χ3v) is 3.33. The van der Waals surface area contributed by atoms with Crippen LogP contribution < -0.4 is 0 Å². The van der Waals surface area contributed by atoms with Crippen LogP contribution in [0.1, 0.15) is 13.8 Å². The Kier molecular flexibility index (Phi) is 8.35. The van der Waals surface area contributed by atoms with Gasteiger partial charge in [-0.2, -0.15) is 0 Å². The van der Waals surface area contributed by atoms with Crippen LogP contribution in [0.4, 0.5) is 0 Å². The Balaban J connectivity index is 0.000000398. The van der Waals surface area contributed by atoms with Gasteiger partial charge in [0.2, 0.25) is 0 Å². The van der Waals surface area contributed by atoms with Crippen LogP contribution >= 0.6 is 0 Å². The Hall–Kier alpha value is -2.67. The maximum Gasteiger partial charge on any atom is 2.00 e. The summed E-state index contributed by atoms with van der Waals surface area (Å²) in [7, 11) is 0. The molecule has 4 aromatic rings. The smallest absolute Gasteiger partial charge is 0.694 e. The molecule has 2 heterocycles. The second-order valence-electron chi connectivity index (χ2n) is 4.88. The van der Waals surface area contributed by atoms with Crippen molar-refractivity contribution in [3.63, 3.8) is 0 Å². The van der Waals surface area contributed by atoms with Gasteiger partial charge < -0.3 is 24.7 Å². The second-order valence-corrected chi connectivity index (χ2v) is 4.88. The molecule has 4 rings (SSSR count). The van der Waals surface area contributed by atoms with E-state index in [4.69, 9.17) is 12.8 Å². The van der Waals surface area contributed by atoms with Gasteiger partial charge in [0, 0.05) is 28.6 Å². The van der Waals surface area contributed by atoms with Crippen molar-refractivity contribution in [1.82, 2.24) is 9.97 Å². The fraction of sp³-hybridized carbons (Fsp3) is 0.0909. The molecule has 0 saturated heterocycles.